The Morgan fingerprint density at radius 1 is 1.12 bits per heavy atom. The van der Waals surface area contributed by atoms with Crippen LogP contribution < -0.4 is 10.9 Å². The van der Waals surface area contributed by atoms with Crippen LogP contribution in [0.5, 0.6) is 0 Å². The fourth-order valence-electron chi connectivity index (χ4n) is 3.68. The maximum absolute atomic E-state index is 13.4. The Hall–Kier alpha value is -3.30. The minimum Gasteiger partial charge on any atom is -0.462 e. The summed E-state index contributed by atoms with van der Waals surface area (Å²) in [5.74, 6) is -0.973. The molecule has 0 aliphatic rings. The summed E-state index contributed by atoms with van der Waals surface area (Å²) < 4.78 is 7.29. The van der Waals surface area contributed by atoms with Crippen molar-refractivity contribution in [3.63, 3.8) is 0 Å². The molecule has 7 nitrogen and oxygen atoms in total. The predicted molar refractivity (Wildman–Crippen MR) is 137 cm³/mol. The topological polar surface area (TPSA) is 90.3 Å². The molecule has 4 rings (SSSR count). The number of para-hydroxylation sites is 1. The van der Waals surface area contributed by atoms with Gasteiger partial charge in [-0.1, -0.05) is 47.1 Å². The Morgan fingerprint density at radius 2 is 1.85 bits per heavy atom. The number of nitrogens with zero attached hydrogens (tertiary/aromatic N) is 2. The van der Waals surface area contributed by atoms with Crippen molar-refractivity contribution in [2.24, 2.45) is 0 Å². The molecular formula is C25H22BrN3O4S. The highest BCUT2D eigenvalue weighted by atomic mass is 79.9. The van der Waals surface area contributed by atoms with E-state index in [1.807, 2.05) is 31.2 Å². The summed E-state index contributed by atoms with van der Waals surface area (Å²) in [5.41, 5.74) is 2.08. The van der Waals surface area contributed by atoms with Gasteiger partial charge in [-0.25, -0.2) is 9.78 Å². The Bertz CT molecular complexity index is 1430. The van der Waals surface area contributed by atoms with Gasteiger partial charge in [0.15, 0.2) is 0 Å². The third kappa shape index (κ3) is 4.80. The van der Waals surface area contributed by atoms with Crippen LogP contribution in [-0.2, 0) is 22.5 Å². The number of nitrogens with one attached hydrogen (secondary N) is 1. The van der Waals surface area contributed by atoms with E-state index in [2.05, 4.69) is 26.2 Å². The van der Waals surface area contributed by atoms with Gasteiger partial charge in [-0.05, 0) is 43.2 Å². The lowest BCUT2D eigenvalue weighted by atomic mass is 10.0. The molecule has 174 valence electrons. The maximum atomic E-state index is 13.4. The Morgan fingerprint density at radius 3 is 2.56 bits per heavy atom. The van der Waals surface area contributed by atoms with E-state index in [-0.39, 0.29) is 24.3 Å². The minimum absolute atomic E-state index is 0.225. The van der Waals surface area contributed by atoms with Crippen LogP contribution in [-0.4, -0.2) is 28.0 Å². The molecule has 34 heavy (non-hydrogen) atoms. The monoisotopic (exact) mass is 539 g/mol. The Kier molecular flexibility index (Phi) is 7.23. The van der Waals surface area contributed by atoms with Crippen LogP contribution in [0.1, 0.15) is 29.1 Å². The molecular weight excluding hydrogens is 518 g/mol. The number of hydrogen-bond acceptors (Lipinski definition) is 6. The molecule has 1 N–H and O–H groups in total. The summed E-state index contributed by atoms with van der Waals surface area (Å²) >= 11 is 4.94. The summed E-state index contributed by atoms with van der Waals surface area (Å²) in [4.78, 5) is 44.6. The number of rotatable bonds is 7. The standard InChI is InChI=1S/C25H22BrN3O4S/c1-3-19-21(15-9-11-16(26)12-10-15)22-23(34-19)27-14-29(24(22)31)13-20(30)28-18-8-6-5-7-17(18)25(32)33-4-2/h5-12,14H,3-4,13H2,1-2H3,(H,28,30). The molecule has 9 heteroatoms. The molecule has 0 saturated heterocycles. The molecule has 0 atom stereocenters. The number of halogens is 1. The molecule has 0 saturated carbocycles. The third-order valence-corrected chi connectivity index (χ3v) is 6.99. The molecule has 4 aromatic rings. The van der Waals surface area contributed by atoms with E-state index >= 15 is 0 Å². The molecule has 0 radical (unpaired) electrons. The van der Waals surface area contributed by atoms with Crippen LogP contribution in [0.4, 0.5) is 5.69 Å². The van der Waals surface area contributed by atoms with Crippen LogP contribution in [0, 0.1) is 0 Å². The van der Waals surface area contributed by atoms with Gasteiger partial charge in [-0.3, -0.25) is 14.2 Å². The van der Waals surface area contributed by atoms with Crippen molar-refractivity contribution >= 4 is 55.0 Å². The smallest absolute Gasteiger partial charge is 0.340 e. The van der Waals surface area contributed by atoms with Gasteiger partial charge in [0.25, 0.3) is 5.56 Å². The van der Waals surface area contributed by atoms with Crippen LogP contribution in [0.2, 0.25) is 0 Å². The van der Waals surface area contributed by atoms with Gasteiger partial charge in [0.05, 0.1) is 29.6 Å². The highest BCUT2D eigenvalue weighted by Gasteiger charge is 2.20. The van der Waals surface area contributed by atoms with Crippen LogP contribution in [0.25, 0.3) is 21.3 Å². The fraction of sp³-hybridized carbons (Fsp3) is 0.200. The molecule has 1 amide bonds. The number of carbonyl (C=O) groups excluding carboxylic acids is 2. The predicted octanol–water partition coefficient (Wildman–Crippen LogP) is 5.27. The molecule has 0 fully saturated rings. The van der Waals surface area contributed by atoms with Gasteiger partial charge in [0.1, 0.15) is 11.4 Å². The number of esters is 1. The molecule has 2 heterocycles. The minimum atomic E-state index is -0.525. The molecule has 0 aliphatic carbocycles. The summed E-state index contributed by atoms with van der Waals surface area (Å²) in [7, 11) is 0. The lowest BCUT2D eigenvalue weighted by molar-refractivity contribution is -0.116. The summed E-state index contributed by atoms with van der Waals surface area (Å²) in [5, 5.41) is 3.22. The largest absolute Gasteiger partial charge is 0.462 e. The van der Waals surface area contributed by atoms with E-state index in [0.29, 0.717) is 15.9 Å². The van der Waals surface area contributed by atoms with E-state index in [1.54, 1.807) is 31.2 Å². The average molecular weight is 540 g/mol. The van der Waals surface area contributed by atoms with E-state index in [1.165, 1.54) is 22.2 Å². The molecule has 0 spiro atoms. The van der Waals surface area contributed by atoms with Crippen LogP contribution in [0.15, 0.2) is 64.1 Å². The van der Waals surface area contributed by atoms with Gasteiger partial charge >= 0.3 is 5.97 Å². The highest BCUT2D eigenvalue weighted by molar-refractivity contribution is 9.10. The lowest BCUT2D eigenvalue weighted by Gasteiger charge is -2.11. The number of hydrogen-bond donors (Lipinski definition) is 1. The second-order valence-corrected chi connectivity index (χ2v) is 9.43. The molecule has 2 aromatic carbocycles. The molecule has 0 unspecified atom stereocenters. The lowest BCUT2D eigenvalue weighted by Crippen LogP contribution is -2.28. The van der Waals surface area contributed by atoms with Gasteiger partial charge < -0.3 is 10.1 Å². The van der Waals surface area contributed by atoms with E-state index in [4.69, 9.17) is 4.74 Å². The van der Waals surface area contributed by atoms with E-state index in [9.17, 15) is 14.4 Å². The molecule has 0 aliphatic heterocycles. The maximum Gasteiger partial charge on any atom is 0.340 e. The second-order valence-electron chi connectivity index (χ2n) is 7.43. The quantitative estimate of drug-likeness (QED) is 0.323. The second kappa shape index (κ2) is 10.3. The van der Waals surface area contributed by atoms with E-state index < -0.39 is 11.9 Å². The third-order valence-electron chi connectivity index (χ3n) is 5.22. The highest BCUT2D eigenvalue weighted by Crippen LogP contribution is 2.36. The summed E-state index contributed by atoms with van der Waals surface area (Å²) in [6.45, 7) is 3.74. The number of fused-ring (bicyclic) bond motifs is 1. The first-order valence-electron chi connectivity index (χ1n) is 10.8. The van der Waals surface area contributed by atoms with Crippen molar-refractivity contribution in [2.75, 3.05) is 11.9 Å². The van der Waals surface area contributed by atoms with Crippen LogP contribution >= 0.6 is 27.3 Å². The number of thiophene rings is 1. The molecule has 0 bridgehead atoms. The van der Waals surface area contributed by atoms with Crippen molar-refractivity contribution in [1.82, 2.24) is 9.55 Å². The van der Waals surface area contributed by atoms with Crippen molar-refractivity contribution in [3.8, 4) is 11.1 Å². The number of aromatic nitrogens is 2. The number of aryl methyl sites for hydroxylation is 1. The first-order chi connectivity index (χ1) is 16.4. The number of carbonyl (C=O) groups is 2. The van der Waals surface area contributed by atoms with Crippen molar-refractivity contribution in [2.45, 2.75) is 26.8 Å². The Balaban J connectivity index is 1.68. The number of amides is 1. The van der Waals surface area contributed by atoms with Gasteiger partial charge in [0.2, 0.25) is 5.91 Å². The normalized spacial score (nSPS) is 10.9. The van der Waals surface area contributed by atoms with Crippen molar-refractivity contribution in [1.29, 1.82) is 0 Å². The first-order valence-corrected chi connectivity index (χ1v) is 12.4. The van der Waals surface area contributed by atoms with Crippen molar-refractivity contribution in [3.05, 3.63) is 80.1 Å². The van der Waals surface area contributed by atoms with E-state index in [0.717, 1.165) is 26.9 Å². The van der Waals surface area contributed by atoms with Crippen LogP contribution in [0.3, 0.4) is 0 Å². The summed E-state index contributed by atoms with van der Waals surface area (Å²) in [6, 6.07) is 14.4. The first kappa shape index (κ1) is 23.8. The summed E-state index contributed by atoms with van der Waals surface area (Å²) in [6.07, 6.45) is 2.15. The fourth-order valence-corrected chi connectivity index (χ4v) is 5.03. The number of ether oxygens (including phenoxy) is 1. The zero-order chi connectivity index (χ0) is 24.2. The molecule has 2 aromatic heterocycles. The number of anilines is 1. The average Bonchev–Trinajstić information content (AvgIpc) is 3.21. The SMILES string of the molecule is CCOC(=O)c1ccccc1NC(=O)Cn1cnc2sc(CC)c(-c3ccc(Br)cc3)c2c1=O. The van der Waals surface area contributed by atoms with Gasteiger partial charge in [-0.15, -0.1) is 11.3 Å². The van der Waals surface area contributed by atoms with Gasteiger partial charge in [0, 0.05) is 14.9 Å². The zero-order valence-electron chi connectivity index (χ0n) is 18.6. The zero-order valence-corrected chi connectivity index (χ0v) is 21.0. The van der Waals surface area contributed by atoms with Gasteiger partial charge in [-0.2, -0.15) is 0 Å². The number of benzene rings is 2. The van der Waals surface area contributed by atoms with Crippen molar-refractivity contribution < 1.29 is 14.3 Å². The Labute approximate surface area is 208 Å².